The van der Waals surface area contributed by atoms with E-state index in [2.05, 4.69) is 36.6 Å². The number of rotatable bonds is 5. The lowest BCUT2D eigenvalue weighted by Gasteiger charge is -2.14. The molecular weight excluding hydrogens is 268 g/mol. The van der Waals surface area contributed by atoms with Gasteiger partial charge in [-0.15, -0.1) is 11.3 Å². The van der Waals surface area contributed by atoms with Crippen LogP contribution in [0.4, 0.5) is 5.69 Å². The molecule has 3 nitrogen and oxygen atoms in total. The number of thiophene rings is 1. The van der Waals surface area contributed by atoms with E-state index in [4.69, 9.17) is 0 Å². The molecule has 1 aromatic heterocycles. The van der Waals surface area contributed by atoms with Crippen LogP contribution >= 0.6 is 11.3 Å². The summed E-state index contributed by atoms with van der Waals surface area (Å²) in [5.74, 6) is -0.0269. The van der Waals surface area contributed by atoms with E-state index in [1.165, 1.54) is 9.75 Å². The molecule has 4 heteroatoms. The first-order valence-electron chi connectivity index (χ1n) is 6.81. The molecule has 0 radical (unpaired) electrons. The molecule has 0 saturated heterocycles. The number of anilines is 1. The Labute approximate surface area is 124 Å². The van der Waals surface area contributed by atoms with Crippen molar-refractivity contribution in [2.24, 2.45) is 0 Å². The summed E-state index contributed by atoms with van der Waals surface area (Å²) in [5, 5.41) is 6.24. The van der Waals surface area contributed by atoms with Crippen LogP contribution in [-0.2, 0) is 0 Å². The van der Waals surface area contributed by atoms with E-state index in [-0.39, 0.29) is 11.9 Å². The van der Waals surface area contributed by atoms with Crippen LogP contribution in [0.2, 0.25) is 0 Å². The van der Waals surface area contributed by atoms with Crippen molar-refractivity contribution < 1.29 is 4.79 Å². The number of carbonyl (C=O) groups excluding carboxylic acids is 1. The molecule has 0 saturated carbocycles. The Kier molecular flexibility index (Phi) is 4.79. The zero-order chi connectivity index (χ0) is 14.5. The smallest absolute Gasteiger partial charge is 0.251 e. The van der Waals surface area contributed by atoms with Crippen LogP contribution in [0.3, 0.4) is 0 Å². The van der Waals surface area contributed by atoms with E-state index in [1.807, 2.05) is 31.2 Å². The molecule has 1 aromatic carbocycles. The van der Waals surface area contributed by atoms with Crippen molar-refractivity contribution in [2.45, 2.75) is 26.8 Å². The van der Waals surface area contributed by atoms with Crippen molar-refractivity contribution in [2.75, 3.05) is 11.9 Å². The third kappa shape index (κ3) is 3.61. The molecule has 1 heterocycles. The predicted molar refractivity (Wildman–Crippen MR) is 85.5 cm³/mol. The highest BCUT2D eigenvalue weighted by Crippen LogP contribution is 2.25. The van der Waals surface area contributed by atoms with Crippen molar-refractivity contribution in [3.8, 4) is 0 Å². The maximum atomic E-state index is 11.7. The van der Waals surface area contributed by atoms with Crippen LogP contribution in [0.1, 0.15) is 40.0 Å². The van der Waals surface area contributed by atoms with E-state index in [1.54, 1.807) is 11.3 Å². The number of aryl methyl sites for hydroxylation is 1. The molecule has 0 aliphatic heterocycles. The summed E-state index contributed by atoms with van der Waals surface area (Å²) in [7, 11) is 0. The Bertz CT molecular complexity index is 574. The molecule has 1 amide bonds. The summed E-state index contributed by atoms with van der Waals surface area (Å²) in [4.78, 5) is 14.3. The van der Waals surface area contributed by atoms with Crippen LogP contribution in [-0.4, -0.2) is 12.5 Å². The molecule has 0 aliphatic rings. The second-order valence-electron chi connectivity index (χ2n) is 4.75. The van der Waals surface area contributed by atoms with Gasteiger partial charge in [0.1, 0.15) is 0 Å². The molecule has 1 atom stereocenters. The van der Waals surface area contributed by atoms with Gasteiger partial charge in [0.15, 0.2) is 0 Å². The maximum absolute atomic E-state index is 11.7. The molecule has 0 aliphatic carbocycles. The average molecular weight is 288 g/mol. The lowest BCUT2D eigenvalue weighted by Crippen LogP contribution is -2.22. The van der Waals surface area contributed by atoms with Crippen molar-refractivity contribution in [3.63, 3.8) is 0 Å². The van der Waals surface area contributed by atoms with E-state index in [0.29, 0.717) is 12.1 Å². The highest BCUT2D eigenvalue weighted by molar-refractivity contribution is 7.12. The minimum absolute atomic E-state index is 0.0269. The monoisotopic (exact) mass is 288 g/mol. The van der Waals surface area contributed by atoms with Crippen LogP contribution in [0, 0.1) is 6.92 Å². The zero-order valence-electron chi connectivity index (χ0n) is 12.1. The highest BCUT2D eigenvalue weighted by Gasteiger charge is 2.08. The minimum Gasteiger partial charge on any atom is -0.378 e. The second kappa shape index (κ2) is 6.57. The van der Waals surface area contributed by atoms with Gasteiger partial charge in [0, 0.05) is 27.5 Å². The molecule has 2 rings (SSSR count). The van der Waals surface area contributed by atoms with Crippen LogP contribution in [0.25, 0.3) is 0 Å². The van der Waals surface area contributed by atoms with Gasteiger partial charge in [0.25, 0.3) is 5.91 Å². The van der Waals surface area contributed by atoms with Gasteiger partial charge >= 0.3 is 0 Å². The van der Waals surface area contributed by atoms with Crippen LogP contribution in [0.15, 0.2) is 36.4 Å². The molecular formula is C16H20N2OS. The van der Waals surface area contributed by atoms with Gasteiger partial charge in [0.2, 0.25) is 0 Å². The summed E-state index contributed by atoms with van der Waals surface area (Å²) in [6.45, 7) is 6.82. The lowest BCUT2D eigenvalue weighted by atomic mass is 10.1. The Hall–Kier alpha value is -1.81. The summed E-state index contributed by atoms with van der Waals surface area (Å²) in [5.41, 5.74) is 1.72. The molecule has 0 bridgehead atoms. The summed E-state index contributed by atoms with van der Waals surface area (Å²) < 4.78 is 0. The normalized spacial score (nSPS) is 11.9. The quantitative estimate of drug-likeness (QED) is 0.873. The third-order valence-corrected chi connectivity index (χ3v) is 4.24. The van der Waals surface area contributed by atoms with Gasteiger partial charge in [-0.2, -0.15) is 0 Å². The molecule has 0 fully saturated rings. The molecule has 1 unspecified atom stereocenters. The first kappa shape index (κ1) is 14.6. The molecule has 106 valence electrons. The topological polar surface area (TPSA) is 41.1 Å². The maximum Gasteiger partial charge on any atom is 0.251 e. The Balaban J connectivity index is 2.01. The van der Waals surface area contributed by atoms with Crippen molar-refractivity contribution >= 4 is 22.9 Å². The number of benzene rings is 1. The first-order chi connectivity index (χ1) is 9.60. The predicted octanol–water partition coefficient (Wildman–Crippen LogP) is 3.98. The third-order valence-electron chi connectivity index (χ3n) is 3.06. The molecule has 20 heavy (non-hydrogen) atoms. The van der Waals surface area contributed by atoms with Crippen LogP contribution < -0.4 is 10.6 Å². The number of hydrogen-bond donors (Lipinski definition) is 2. The Morgan fingerprint density at radius 1 is 1.20 bits per heavy atom. The molecule has 2 N–H and O–H groups in total. The number of hydrogen-bond acceptors (Lipinski definition) is 3. The van der Waals surface area contributed by atoms with Crippen molar-refractivity contribution in [1.29, 1.82) is 0 Å². The SMILES string of the molecule is CCNC(=O)c1ccc(NC(C)c2ccc(C)s2)cc1. The van der Waals surface area contributed by atoms with Gasteiger partial charge in [-0.25, -0.2) is 0 Å². The zero-order valence-corrected chi connectivity index (χ0v) is 12.9. The highest BCUT2D eigenvalue weighted by atomic mass is 32.1. The Morgan fingerprint density at radius 2 is 1.90 bits per heavy atom. The largest absolute Gasteiger partial charge is 0.378 e. The number of amides is 1. The fourth-order valence-electron chi connectivity index (χ4n) is 1.99. The average Bonchev–Trinajstić information content (AvgIpc) is 2.86. The van der Waals surface area contributed by atoms with E-state index < -0.39 is 0 Å². The first-order valence-corrected chi connectivity index (χ1v) is 7.63. The minimum atomic E-state index is -0.0269. The molecule has 0 spiro atoms. The van der Waals surface area contributed by atoms with Gasteiger partial charge < -0.3 is 10.6 Å². The van der Waals surface area contributed by atoms with E-state index >= 15 is 0 Å². The lowest BCUT2D eigenvalue weighted by molar-refractivity contribution is 0.0956. The fourth-order valence-corrected chi connectivity index (χ4v) is 2.87. The van der Waals surface area contributed by atoms with Gasteiger partial charge in [-0.3, -0.25) is 4.79 Å². The van der Waals surface area contributed by atoms with Crippen molar-refractivity contribution in [3.05, 3.63) is 51.7 Å². The number of carbonyl (C=O) groups is 1. The standard InChI is InChI=1S/C16H20N2OS/c1-4-17-16(19)13-6-8-14(9-7-13)18-12(3)15-10-5-11(2)20-15/h5-10,12,18H,4H2,1-3H3,(H,17,19). The Morgan fingerprint density at radius 3 is 2.45 bits per heavy atom. The fraction of sp³-hybridized carbons (Fsp3) is 0.312. The number of nitrogens with one attached hydrogen (secondary N) is 2. The second-order valence-corrected chi connectivity index (χ2v) is 6.07. The van der Waals surface area contributed by atoms with Gasteiger partial charge in [-0.05, 0) is 57.2 Å². The summed E-state index contributed by atoms with van der Waals surface area (Å²) in [6.07, 6.45) is 0. The summed E-state index contributed by atoms with van der Waals surface area (Å²) >= 11 is 1.80. The molecule has 2 aromatic rings. The van der Waals surface area contributed by atoms with Gasteiger partial charge in [-0.1, -0.05) is 0 Å². The van der Waals surface area contributed by atoms with Gasteiger partial charge in [0.05, 0.1) is 6.04 Å². The van der Waals surface area contributed by atoms with E-state index in [9.17, 15) is 4.79 Å². The van der Waals surface area contributed by atoms with Crippen molar-refractivity contribution in [1.82, 2.24) is 5.32 Å². The van der Waals surface area contributed by atoms with Crippen LogP contribution in [0.5, 0.6) is 0 Å². The van der Waals surface area contributed by atoms with E-state index in [0.717, 1.165) is 5.69 Å². The summed E-state index contributed by atoms with van der Waals surface area (Å²) in [6, 6.07) is 12.1.